The molecule has 4 heterocycles. The molecule has 14 nitrogen and oxygen atoms in total. The lowest BCUT2D eigenvalue weighted by Gasteiger charge is -2.26. The highest BCUT2D eigenvalue weighted by molar-refractivity contribution is 7.83. The summed E-state index contributed by atoms with van der Waals surface area (Å²) in [5.74, 6) is 0.497. The predicted molar refractivity (Wildman–Crippen MR) is 106 cm³/mol. The second kappa shape index (κ2) is 8.87. The summed E-state index contributed by atoms with van der Waals surface area (Å²) in [6.07, 6.45) is -3.05. The zero-order valence-electron chi connectivity index (χ0n) is 16.8. The molecule has 2 aliphatic rings. The Kier molecular flexibility index (Phi) is 6.36. The zero-order valence-corrected chi connectivity index (χ0v) is 17.6. The van der Waals surface area contributed by atoms with E-state index in [9.17, 15) is 23.2 Å². The van der Waals surface area contributed by atoms with Gasteiger partial charge >= 0.3 is 10.3 Å². The van der Waals surface area contributed by atoms with Crippen LogP contribution in [-0.4, -0.2) is 117 Å². The molecule has 2 saturated heterocycles. The van der Waals surface area contributed by atoms with Gasteiger partial charge in [-0.2, -0.15) is 12.7 Å². The van der Waals surface area contributed by atoms with E-state index in [0.29, 0.717) is 41.0 Å². The SMILES string of the molecule is CN([C@@H]1O[C@@H](n2cnc3c(NCCN4CCOCC4)ncnc32)[C@H](O)[C@@H]1O)S(=O)(=O)O. The number of hydrogen-bond donors (Lipinski definition) is 4. The van der Waals surface area contributed by atoms with Crippen LogP contribution in [0.3, 0.4) is 0 Å². The van der Waals surface area contributed by atoms with E-state index in [-0.39, 0.29) is 0 Å². The fourth-order valence-corrected chi connectivity index (χ4v) is 4.07. The number of rotatable bonds is 7. The van der Waals surface area contributed by atoms with Crippen molar-refractivity contribution in [3.05, 3.63) is 12.7 Å². The van der Waals surface area contributed by atoms with Crippen LogP contribution >= 0.6 is 0 Å². The molecule has 4 rings (SSSR count). The topological polar surface area (TPSA) is 175 Å². The van der Waals surface area contributed by atoms with Crippen LogP contribution in [0, 0.1) is 0 Å². The summed E-state index contributed by atoms with van der Waals surface area (Å²) in [5.41, 5.74) is 0.761. The second-order valence-corrected chi connectivity index (χ2v) is 8.79. The number of imidazole rings is 1. The van der Waals surface area contributed by atoms with Crippen LogP contribution in [0.2, 0.25) is 0 Å². The third-order valence-corrected chi connectivity index (χ3v) is 6.33. The Morgan fingerprint density at radius 1 is 1.23 bits per heavy atom. The number of likely N-dealkylation sites (N-methyl/N-ethyl adjacent to an activating group) is 1. The Morgan fingerprint density at radius 2 is 1.97 bits per heavy atom. The standard InChI is InChI=1S/C16H25N7O7S/c1-21(31(26,27)28)15-11(24)12(25)16(30-15)23-9-20-10-13(18-8-19-14(10)23)17-2-3-22-4-6-29-7-5-22/h8-9,11-12,15-16,24-25H,2-7H2,1H3,(H,17,18,19)(H,26,27,28)/t11-,12+,15+,16+/m0/s1. The van der Waals surface area contributed by atoms with Crippen molar-refractivity contribution in [1.29, 1.82) is 0 Å². The van der Waals surface area contributed by atoms with E-state index >= 15 is 0 Å². The van der Waals surface area contributed by atoms with Gasteiger partial charge < -0.3 is 25.0 Å². The lowest BCUT2D eigenvalue weighted by Crippen LogP contribution is -2.44. The minimum Gasteiger partial charge on any atom is -0.386 e. The van der Waals surface area contributed by atoms with E-state index < -0.39 is 35.0 Å². The van der Waals surface area contributed by atoms with Crippen molar-refractivity contribution in [3.63, 3.8) is 0 Å². The van der Waals surface area contributed by atoms with E-state index in [0.717, 1.165) is 26.7 Å². The Hall–Kier alpha value is -1.98. The first-order valence-electron chi connectivity index (χ1n) is 9.71. The van der Waals surface area contributed by atoms with Crippen LogP contribution in [0.5, 0.6) is 0 Å². The van der Waals surface area contributed by atoms with Crippen molar-refractivity contribution in [2.75, 3.05) is 51.8 Å². The van der Waals surface area contributed by atoms with Gasteiger partial charge in [-0.15, -0.1) is 0 Å². The summed E-state index contributed by atoms with van der Waals surface area (Å²) in [5, 5.41) is 23.9. The molecule has 2 aromatic rings. The predicted octanol–water partition coefficient (Wildman–Crippen LogP) is -2.12. The highest BCUT2D eigenvalue weighted by atomic mass is 32.2. The van der Waals surface area contributed by atoms with Crippen molar-refractivity contribution < 1.29 is 32.7 Å². The largest absolute Gasteiger partial charge is 0.386 e. The monoisotopic (exact) mass is 459 g/mol. The summed E-state index contributed by atoms with van der Waals surface area (Å²) in [6.45, 7) is 4.59. The van der Waals surface area contributed by atoms with Crippen molar-refractivity contribution >= 4 is 27.3 Å². The number of ether oxygens (including phenoxy) is 2. The summed E-state index contributed by atoms with van der Waals surface area (Å²) in [7, 11) is -3.61. The minimum atomic E-state index is -4.64. The van der Waals surface area contributed by atoms with Crippen LogP contribution < -0.4 is 5.32 Å². The average molecular weight is 459 g/mol. The smallest absolute Gasteiger partial charge is 0.337 e. The maximum absolute atomic E-state index is 11.4. The van der Waals surface area contributed by atoms with E-state index in [2.05, 4.69) is 25.2 Å². The van der Waals surface area contributed by atoms with Gasteiger partial charge in [0.2, 0.25) is 0 Å². The van der Waals surface area contributed by atoms with Crippen molar-refractivity contribution in [3.8, 4) is 0 Å². The molecule has 0 aliphatic carbocycles. The number of nitrogens with zero attached hydrogens (tertiary/aromatic N) is 6. The van der Waals surface area contributed by atoms with Gasteiger partial charge in [-0.05, 0) is 0 Å². The van der Waals surface area contributed by atoms with E-state index in [1.165, 1.54) is 17.2 Å². The summed E-state index contributed by atoms with van der Waals surface area (Å²) < 4.78 is 44.7. The van der Waals surface area contributed by atoms with Gasteiger partial charge in [0, 0.05) is 33.2 Å². The lowest BCUT2D eigenvalue weighted by atomic mass is 10.2. The molecular formula is C16H25N7O7S. The van der Waals surface area contributed by atoms with Crippen LogP contribution in [0.25, 0.3) is 11.2 Å². The normalized spacial score (nSPS) is 27.9. The number of fused-ring (bicyclic) bond motifs is 1. The molecule has 4 N–H and O–H groups in total. The second-order valence-electron chi connectivity index (χ2n) is 7.32. The third-order valence-electron chi connectivity index (χ3n) is 5.39. The molecule has 0 radical (unpaired) electrons. The number of anilines is 1. The molecule has 2 aromatic heterocycles. The fourth-order valence-electron chi connectivity index (χ4n) is 3.63. The molecule has 172 valence electrons. The van der Waals surface area contributed by atoms with Crippen LogP contribution in [0.15, 0.2) is 12.7 Å². The summed E-state index contributed by atoms with van der Waals surface area (Å²) >= 11 is 0. The molecule has 0 aromatic carbocycles. The Balaban J connectivity index is 1.51. The van der Waals surface area contributed by atoms with Gasteiger partial charge in [-0.25, -0.2) is 15.0 Å². The molecule has 2 fully saturated rings. The molecule has 31 heavy (non-hydrogen) atoms. The highest BCUT2D eigenvalue weighted by Crippen LogP contribution is 2.33. The number of aliphatic hydroxyl groups is 2. The highest BCUT2D eigenvalue weighted by Gasteiger charge is 2.48. The number of morpholine rings is 1. The number of nitrogens with one attached hydrogen (secondary N) is 1. The molecule has 0 bridgehead atoms. The first-order chi connectivity index (χ1) is 14.8. The Morgan fingerprint density at radius 3 is 2.68 bits per heavy atom. The zero-order chi connectivity index (χ0) is 22.2. The quantitative estimate of drug-likeness (QED) is 0.332. The van der Waals surface area contributed by atoms with Crippen LogP contribution in [-0.2, 0) is 19.8 Å². The molecule has 0 saturated carbocycles. The minimum absolute atomic E-state index is 0.329. The van der Waals surface area contributed by atoms with Crippen molar-refractivity contribution in [2.24, 2.45) is 0 Å². The summed E-state index contributed by atoms with van der Waals surface area (Å²) in [4.78, 5) is 15.0. The van der Waals surface area contributed by atoms with Gasteiger partial charge in [-0.3, -0.25) is 14.0 Å². The van der Waals surface area contributed by atoms with E-state index in [1.54, 1.807) is 0 Å². The van der Waals surface area contributed by atoms with E-state index in [4.69, 9.17) is 9.47 Å². The number of aromatic nitrogens is 4. The molecule has 0 spiro atoms. The summed E-state index contributed by atoms with van der Waals surface area (Å²) in [6, 6.07) is 0. The lowest BCUT2D eigenvalue weighted by molar-refractivity contribution is -0.0723. The van der Waals surface area contributed by atoms with Crippen molar-refractivity contribution in [1.82, 2.24) is 28.7 Å². The van der Waals surface area contributed by atoms with Gasteiger partial charge in [-0.1, -0.05) is 0 Å². The molecule has 0 unspecified atom stereocenters. The van der Waals surface area contributed by atoms with E-state index in [1.807, 2.05) is 0 Å². The van der Waals surface area contributed by atoms with Gasteiger partial charge in [0.05, 0.1) is 19.5 Å². The first-order valence-corrected chi connectivity index (χ1v) is 11.1. The first kappa shape index (κ1) is 22.2. The number of hydrogen-bond acceptors (Lipinski definition) is 11. The Labute approximate surface area is 178 Å². The third kappa shape index (κ3) is 4.49. The molecular weight excluding hydrogens is 434 g/mol. The maximum atomic E-state index is 11.4. The van der Waals surface area contributed by atoms with Gasteiger partial charge in [0.1, 0.15) is 18.5 Å². The Bertz CT molecular complexity index is 1010. The van der Waals surface area contributed by atoms with Gasteiger partial charge in [0.15, 0.2) is 29.4 Å². The average Bonchev–Trinajstić information content (AvgIpc) is 3.29. The molecule has 0 amide bonds. The van der Waals surface area contributed by atoms with Crippen molar-refractivity contribution in [2.45, 2.75) is 24.7 Å². The molecule has 4 atom stereocenters. The van der Waals surface area contributed by atoms with Crippen LogP contribution in [0.1, 0.15) is 6.23 Å². The fraction of sp³-hybridized carbons (Fsp3) is 0.688. The molecule has 15 heteroatoms. The molecule has 2 aliphatic heterocycles. The maximum Gasteiger partial charge on any atom is 0.337 e. The van der Waals surface area contributed by atoms with Crippen LogP contribution in [0.4, 0.5) is 5.82 Å². The van der Waals surface area contributed by atoms with Gasteiger partial charge in [0.25, 0.3) is 0 Å². The number of aliphatic hydroxyl groups excluding tert-OH is 2.